The summed E-state index contributed by atoms with van der Waals surface area (Å²) in [6, 6.07) is 5.00. The second-order valence-electron chi connectivity index (χ2n) is 6.36. The van der Waals surface area contributed by atoms with Gasteiger partial charge >= 0.3 is 0 Å². The van der Waals surface area contributed by atoms with E-state index >= 15 is 0 Å². The van der Waals surface area contributed by atoms with Gasteiger partial charge in [-0.05, 0) is 67.3 Å². The molecule has 2 aromatic rings. The van der Waals surface area contributed by atoms with Gasteiger partial charge in [-0.25, -0.2) is 0 Å². The van der Waals surface area contributed by atoms with Gasteiger partial charge in [-0.3, -0.25) is 0 Å². The molecule has 0 spiro atoms. The van der Waals surface area contributed by atoms with E-state index in [1.807, 2.05) is 0 Å². The van der Waals surface area contributed by atoms with Gasteiger partial charge in [-0.1, -0.05) is 13.8 Å². The summed E-state index contributed by atoms with van der Waals surface area (Å²) < 4.78 is 0. The van der Waals surface area contributed by atoms with Crippen molar-refractivity contribution in [2.45, 2.75) is 52.5 Å². The molecule has 0 saturated carbocycles. The molecule has 0 saturated heterocycles. The highest BCUT2D eigenvalue weighted by atomic mass is 14.7. The maximum atomic E-state index is 6.27. The van der Waals surface area contributed by atoms with Gasteiger partial charge in [-0.2, -0.15) is 0 Å². The summed E-state index contributed by atoms with van der Waals surface area (Å²) in [7, 11) is 0. The molecule has 1 atom stereocenters. The van der Waals surface area contributed by atoms with Crippen LogP contribution in [0.4, 0.5) is 0 Å². The first-order chi connectivity index (χ1) is 9.06. The number of aromatic nitrogens is 1. The highest BCUT2D eigenvalue weighted by molar-refractivity contribution is 5.86. The van der Waals surface area contributed by atoms with Crippen LogP contribution in [0.3, 0.4) is 0 Å². The monoisotopic (exact) mass is 256 g/mol. The molecule has 0 bridgehead atoms. The number of hydrogen-bond donors (Lipinski definition) is 2. The molecule has 1 unspecified atom stereocenters. The number of H-pyrrole nitrogens is 1. The van der Waals surface area contributed by atoms with Crippen LogP contribution >= 0.6 is 0 Å². The standard InChI is InChI=1S/C17H24N2/c1-10(2)16(18)9-14-11(3)19-17-8-13-6-4-5-12(13)7-15(14)17/h7-8,10,16,19H,4-6,9,18H2,1-3H3. The molecule has 1 aliphatic carbocycles. The molecule has 0 amide bonds. The molecule has 2 nitrogen and oxygen atoms in total. The van der Waals surface area contributed by atoms with E-state index in [1.165, 1.54) is 47.0 Å². The van der Waals surface area contributed by atoms with Crippen LogP contribution in [0.1, 0.15) is 42.7 Å². The van der Waals surface area contributed by atoms with Crippen LogP contribution in [0.15, 0.2) is 12.1 Å². The van der Waals surface area contributed by atoms with Gasteiger partial charge < -0.3 is 10.7 Å². The smallest absolute Gasteiger partial charge is 0.0461 e. The molecule has 2 heteroatoms. The van der Waals surface area contributed by atoms with Crippen LogP contribution in [-0.2, 0) is 19.3 Å². The second-order valence-corrected chi connectivity index (χ2v) is 6.36. The lowest BCUT2D eigenvalue weighted by molar-refractivity contribution is 0.491. The van der Waals surface area contributed by atoms with Crippen LogP contribution in [0.2, 0.25) is 0 Å². The summed E-state index contributed by atoms with van der Waals surface area (Å²) in [5.74, 6) is 0.527. The van der Waals surface area contributed by atoms with Gasteiger partial charge in [0.05, 0.1) is 0 Å². The molecule has 0 aliphatic heterocycles. The second kappa shape index (κ2) is 4.68. The third-order valence-corrected chi connectivity index (χ3v) is 4.63. The molecule has 1 aromatic heterocycles. The summed E-state index contributed by atoms with van der Waals surface area (Å²) in [4.78, 5) is 3.55. The third kappa shape index (κ3) is 2.18. The minimum Gasteiger partial charge on any atom is -0.358 e. The van der Waals surface area contributed by atoms with E-state index in [9.17, 15) is 0 Å². The zero-order valence-corrected chi connectivity index (χ0v) is 12.2. The molecular weight excluding hydrogens is 232 g/mol. The average Bonchev–Trinajstić information content (AvgIpc) is 2.91. The summed E-state index contributed by atoms with van der Waals surface area (Å²) in [5.41, 5.74) is 13.4. The van der Waals surface area contributed by atoms with Crippen molar-refractivity contribution in [1.82, 2.24) is 4.98 Å². The van der Waals surface area contributed by atoms with E-state index in [0.29, 0.717) is 5.92 Å². The predicted octanol–water partition coefficient (Wildman–Crippen LogP) is 3.49. The zero-order valence-electron chi connectivity index (χ0n) is 12.2. The Morgan fingerprint density at radius 3 is 2.58 bits per heavy atom. The number of nitrogens with two attached hydrogens (primary N) is 1. The molecule has 0 fully saturated rings. The van der Waals surface area contributed by atoms with Crippen molar-refractivity contribution in [3.8, 4) is 0 Å². The molecule has 1 heterocycles. The number of rotatable bonds is 3. The minimum absolute atomic E-state index is 0.242. The number of benzene rings is 1. The van der Waals surface area contributed by atoms with Gasteiger partial charge in [-0.15, -0.1) is 0 Å². The van der Waals surface area contributed by atoms with Crippen LogP contribution < -0.4 is 5.73 Å². The normalized spacial score (nSPS) is 16.3. The fourth-order valence-corrected chi connectivity index (χ4v) is 3.19. The largest absolute Gasteiger partial charge is 0.358 e. The molecule has 102 valence electrons. The quantitative estimate of drug-likeness (QED) is 0.867. The van der Waals surface area contributed by atoms with Gasteiger partial charge in [0.1, 0.15) is 0 Å². The van der Waals surface area contributed by atoms with Crippen molar-refractivity contribution in [3.63, 3.8) is 0 Å². The number of nitrogens with one attached hydrogen (secondary N) is 1. The lowest BCUT2D eigenvalue weighted by Gasteiger charge is -2.15. The van der Waals surface area contributed by atoms with Crippen molar-refractivity contribution in [3.05, 3.63) is 34.5 Å². The van der Waals surface area contributed by atoms with E-state index in [-0.39, 0.29) is 6.04 Å². The van der Waals surface area contributed by atoms with Gasteiger partial charge in [0, 0.05) is 22.6 Å². The zero-order chi connectivity index (χ0) is 13.6. The Morgan fingerprint density at radius 2 is 1.89 bits per heavy atom. The number of fused-ring (bicyclic) bond motifs is 2. The minimum atomic E-state index is 0.242. The van der Waals surface area contributed by atoms with E-state index in [0.717, 1.165) is 6.42 Å². The van der Waals surface area contributed by atoms with Crippen molar-refractivity contribution in [2.75, 3.05) is 0 Å². The van der Waals surface area contributed by atoms with Crippen molar-refractivity contribution in [2.24, 2.45) is 11.7 Å². The van der Waals surface area contributed by atoms with Crippen LogP contribution in [0.25, 0.3) is 10.9 Å². The Morgan fingerprint density at radius 1 is 1.21 bits per heavy atom. The fraction of sp³-hybridized carbons (Fsp3) is 0.529. The lowest BCUT2D eigenvalue weighted by atomic mass is 9.95. The molecular formula is C17H24N2. The molecule has 1 aromatic carbocycles. The van der Waals surface area contributed by atoms with Gasteiger partial charge in [0.2, 0.25) is 0 Å². The highest BCUT2D eigenvalue weighted by Crippen LogP contribution is 2.31. The Hall–Kier alpha value is -1.28. The Kier molecular flexibility index (Phi) is 3.14. The summed E-state index contributed by atoms with van der Waals surface area (Å²) in [6.07, 6.45) is 4.76. The average molecular weight is 256 g/mol. The van der Waals surface area contributed by atoms with Crippen molar-refractivity contribution in [1.29, 1.82) is 0 Å². The lowest BCUT2D eigenvalue weighted by Crippen LogP contribution is -2.28. The van der Waals surface area contributed by atoms with E-state index in [4.69, 9.17) is 5.73 Å². The van der Waals surface area contributed by atoms with E-state index < -0.39 is 0 Å². The first-order valence-corrected chi connectivity index (χ1v) is 7.44. The maximum Gasteiger partial charge on any atom is 0.0461 e. The SMILES string of the molecule is Cc1[nH]c2cc3c(cc2c1CC(N)C(C)C)CCC3. The maximum absolute atomic E-state index is 6.27. The first-order valence-electron chi connectivity index (χ1n) is 7.44. The molecule has 3 N–H and O–H groups in total. The van der Waals surface area contributed by atoms with Gasteiger partial charge in [0.25, 0.3) is 0 Å². The summed E-state index contributed by atoms with van der Waals surface area (Å²) in [6.45, 7) is 6.58. The van der Waals surface area contributed by atoms with Crippen LogP contribution in [-0.4, -0.2) is 11.0 Å². The topological polar surface area (TPSA) is 41.8 Å². The van der Waals surface area contributed by atoms with Crippen LogP contribution in [0, 0.1) is 12.8 Å². The molecule has 0 radical (unpaired) electrons. The summed E-state index contributed by atoms with van der Waals surface area (Å²) in [5, 5.41) is 1.40. The number of aryl methyl sites for hydroxylation is 3. The van der Waals surface area contributed by atoms with Crippen molar-refractivity contribution >= 4 is 10.9 Å². The third-order valence-electron chi connectivity index (χ3n) is 4.63. The molecule has 1 aliphatic rings. The number of aromatic amines is 1. The van der Waals surface area contributed by atoms with Crippen molar-refractivity contribution < 1.29 is 0 Å². The Balaban J connectivity index is 2.06. The van der Waals surface area contributed by atoms with E-state index in [1.54, 1.807) is 5.56 Å². The first kappa shape index (κ1) is 12.7. The fourth-order valence-electron chi connectivity index (χ4n) is 3.19. The highest BCUT2D eigenvalue weighted by Gasteiger charge is 2.18. The Labute approximate surface area is 115 Å². The van der Waals surface area contributed by atoms with Crippen LogP contribution in [0.5, 0.6) is 0 Å². The van der Waals surface area contributed by atoms with E-state index in [2.05, 4.69) is 37.9 Å². The number of hydrogen-bond acceptors (Lipinski definition) is 1. The van der Waals surface area contributed by atoms with Gasteiger partial charge in [0.15, 0.2) is 0 Å². The Bertz CT molecular complexity index is 607. The summed E-state index contributed by atoms with van der Waals surface area (Å²) >= 11 is 0. The molecule has 19 heavy (non-hydrogen) atoms. The molecule has 3 rings (SSSR count). The predicted molar refractivity (Wildman–Crippen MR) is 81.6 cm³/mol.